The smallest absolute Gasteiger partial charge is 0.259 e. The van der Waals surface area contributed by atoms with E-state index >= 15 is 0 Å². The summed E-state index contributed by atoms with van der Waals surface area (Å²) in [7, 11) is 0. The van der Waals surface area contributed by atoms with Gasteiger partial charge in [0.1, 0.15) is 5.75 Å². The maximum absolute atomic E-state index is 12.7. The number of hydrogen-bond acceptors (Lipinski definition) is 3. The van der Waals surface area contributed by atoms with Gasteiger partial charge >= 0.3 is 0 Å². The molecule has 4 nitrogen and oxygen atoms in total. The Morgan fingerprint density at radius 2 is 1.76 bits per heavy atom. The predicted octanol–water partition coefficient (Wildman–Crippen LogP) is 5.34. The monoisotopic (exact) mass is 404 g/mol. The molecule has 2 aromatic carbocycles. The quantitative estimate of drug-likeness (QED) is 0.645. The molecule has 0 bridgehead atoms. The van der Waals surface area contributed by atoms with Crippen LogP contribution in [0.15, 0.2) is 46.9 Å². The van der Waals surface area contributed by atoms with E-state index in [1.165, 1.54) is 0 Å². The number of ether oxygens (including phenoxy) is 1. The topological polar surface area (TPSA) is 41.6 Å². The van der Waals surface area contributed by atoms with Gasteiger partial charge in [0, 0.05) is 28.9 Å². The molecule has 1 amide bonds. The number of hydrogen-bond donors (Lipinski definition) is 1. The second kappa shape index (κ2) is 9.47. The molecule has 0 aliphatic heterocycles. The number of amides is 1. The normalized spacial score (nSPS) is 10.4. The SMILES string of the molecule is CCCOc1ccc(Br)cc1C(=O)Nc1ccc(N(CC)CC)cc1. The lowest BCUT2D eigenvalue weighted by Crippen LogP contribution is -2.21. The van der Waals surface area contributed by atoms with E-state index in [0.29, 0.717) is 17.9 Å². The molecule has 0 aromatic heterocycles. The minimum absolute atomic E-state index is 0.178. The highest BCUT2D eigenvalue weighted by Gasteiger charge is 2.14. The van der Waals surface area contributed by atoms with Crippen molar-refractivity contribution in [2.24, 2.45) is 0 Å². The summed E-state index contributed by atoms with van der Waals surface area (Å²) >= 11 is 3.42. The van der Waals surface area contributed by atoms with Gasteiger partial charge in [-0.05, 0) is 62.7 Å². The lowest BCUT2D eigenvalue weighted by atomic mass is 10.1. The number of halogens is 1. The van der Waals surface area contributed by atoms with Crippen molar-refractivity contribution in [3.63, 3.8) is 0 Å². The van der Waals surface area contributed by atoms with E-state index in [2.05, 4.69) is 40.0 Å². The van der Waals surface area contributed by atoms with Crippen LogP contribution in [0.1, 0.15) is 37.6 Å². The lowest BCUT2D eigenvalue weighted by molar-refractivity contribution is 0.102. The Kier molecular flexibility index (Phi) is 7.31. The molecule has 0 heterocycles. The predicted molar refractivity (Wildman–Crippen MR) is 108 cm³/mol. The highest BCUT2D eigenvalue weighted by Crippen LogP contribution is 2.25. The number of benzene rings is 2. The summed E-state index contributed by atoms with van der Waals surface area (Å²) < 4.78 is 6.54. The number of carbonyl (C=O) groups excluding carboxylic acids is 1. The Balaban J connectivity index is 2.15. The molecule has 1 N–H and O–H groups in total. The first-order chi connectivity index (χ1) is 12.1. The minimum Gasteiger partial charge on any atom is -0.493 e. The Labute approximate surface area is 158 Å². The molecule has 0 unspecified atom stereocenters. The maximum atomic E-state index is 12.7. The van der Waals surface area contributed by atoms with Crippen molar-refractivity contribution in [3.05, 3.63) is 52.5 Å². The van der Waals surface area contributed by atoms with Crippen molar-refractivity contribution in [3.8, 4) is 5.75 Å². The standard InChI is InChI=1S/C20H25BrN2O2/c1-4-13-25-19-12-7-15(21)14-18(19)20(24)22-16-8-10-17(11-9-16)23(5-2)6-3/h7-12,14H,4-6,13H2,1-3H3,(H,22,24). The number of anilines is 2. The third kappa shape index (κ3) is 5.23. The van der Waals surface area contributed by atoms with Gasteiger partial charge in [0.25, 0.3) is 5.91 Å². The lowest BCUT2D eigenvalue weighted by Gasteiger charge is -2.21. The van der Waals surface area contributed by atoms with Gasteiger partial charge in [-0.15, -0.1) is 0 Å². The summed E-state index contributed by atoms with van der Waals surface area (Å²) in [5.74, 6) is 0.422. The summed E-state index contributed by atoms with van der Waals surface area (Å²) in [5.41, 5.74) is 2.44. The number of carbonyl (C=O) groups is 1. The minimum atomic E-state index is -0.178. The number of nitrogens with one attached hydrogen (secondary N) is 1. The van der Waals surface area contributed by atoms with E-state index in [0.717, 1.165) is 35.4 Å². The molecule has 0 aliphatic carbocycles. The van der Waals surface area contributed by atoms with Gasteiger partial charge in [-0.2, -0.15) is 0 Å². The number of rotatable bonds is 8. The fraction of sp³-hybridized carbons (Fsp3) is 0.350. The van der Waals surface area contributed by atoms with Gasteiger partial charge in [-0.3, -0.25) is 4.79 Å². The average molecular weight is 405 g/mol. The van der Waals surface area contributed by atoms with Crippen LogP contribution in [0.4, 0.5) is 11.4 Å². The first-order valence-electron chi connectivity index (χ1n) is 8.67. The zero-order valence-corrected chi connectivity index (χ0v) is 16.6. The maximum Gasteiger partial charge on any atom is 0.259 e. The molecular formula is C20H25BrN2O2. The molecule has 2 aromatic rings. The highest BCUT2D eigenvalue weighted by molar-refractivity contribution is 9.10. The molecule has 0 saturated heterocycles. The van der Waals surface area contributed by atoms with E-state index in [1.807, 2.05) is 43.3 Å². The molecule has 0 saturated carbocycles. The zero-order chi connectivity index (χ0) is 18.2. The van der Waals surface area contributed by atoms with Gasteiger partial charge in [-0.25, -0.2) is 0 Å². The van der Waals surface area contributed by atoms with Crippen molar-refractivity contribution in [1.82, 2.24) is 0 Å². The van der Waals surface area contributed by atoms with Gasteiger partial charge in [0.05, 0.1) is 12.2 Å². The van der Waals surface area contributed by atoms with Gasteiger partial charge in [-0.1, -0.05) is 22.9 Å². The zero-order valence-electron chi connectivity index (χ0n) is 15.0. The second-order valence-corrected chi connectivity index (χ2v) is 6.58. The second-order valence-electron chi connectivity index (χ2n) is 5.66. The Hall–Kier alpha value is -2.01. The molecule has 2 rings (SSSR count). The van der Waals surface area contributed by atoms with E-state index in [9.17, 15) is 4.79 Å². The summed E-state index contributed by atoms with van der Waals surface area (Å²) in [5, 5.41) is 2.95. The van der Waals surface area contributed by atoms with E-state index in [-0.39, 0.29) is 5.91 Å². The van der Waals surface area contributed by atoms with Crippen LogP contribution in [0.2, 0.25) is 0 Å². The van der Waals surface area contributed by atoms with E-state index in [1.54, 1.807) is 6.07 Å². The van der Waals surface area contributed by atoms with Gasteiger partial charge < -0.3 is 15.0 Å². The number of nitrogens with zero attached hydrogens (tertiary/aromatic N) is 1. The Morgan fingerprint density at radius 1 is 1.08 bits per heavy atom. The Morgan fingerprint density at radius 3 is 2.36 bits per heavy atom. The van der Waals surface area contributed by atoms with Crippen LogP contribution >= 0.6 is 15.9 Å². The van der Waals surface area contributed by atoms with E-state index < -0.39 is 0 Å². The van der Waals surface area contributed by atoms with E-state index in [4.69, 9.17) is 4.74 Å². The molecule has 0 radical (unpaired) electrons. The molecule has 0 fully saturated rings. The molecule has 0 aliphatic rings. The fourth-order valence-electron chi connectivity index (χ4n) is 2.56. The van der Waals surface area contributed by atoms with Crippen LogP contribution in [0.25, 0.3) is 0 Å². The third-order valence-electron chi connectivity index (χ3n) is 3.90. The largest absolute Gasteiger partial charge is 0.493 e. The third-order valence-corrected chi connectivity index (χ3v) is 4.39. The average Bonchev–Trinajstić information content (AvgIpc) is 2.63. The highest BCUT2D eigenvalue weighted by atomic mass is 79.9. The summed E-state index contributed by atoms with van der Waals surface area (Å²) in [4.78, 5) is 14.9. The summed E-state index contributed by atoms with van der Waals surface area (Å²) in [6, 6.07) is 13.4. The molecule has 134 valence electrons. The van der Waals surface area contributed by atoms with Crippen molar-refractivity contribution in [2.75, 3.05) is 29.9 Å². The Bertz CT molecular complexity index is 697. The van der Waals surface area contributed by atoms with Crippen molar-refractivity contribution >= 4 is 33.2 Å². The van der Waals surface area contributed by atoms with Gasteiger partial charge in [0.2, 0.25) is 0 Å². The summed E-state index contributed by atoms with van der Waals surface area (Å²) in [6.45, 7) is 8.79. The summed E-state index contributed by atoms with van der Waals surface area (Å²) in [6.07, 6.45) is 0.893. The molecule has 0 spiro atoms. The van der Waals surface area contributed by atoms with Crippen molar-refractivity contribution < 1.29 is 9.53 Å². The first-order valence-corrected chi connectivity index (χ1v) is 9.47. The van der Waals surface area contributed by atoms with Crippen LogP contribution in [-0.2, 0) is 0 Å². The van der Waals surface area contributed by atoms with Crippen LogP contribution in [-0.4, -0.2) is 25.6 Å². The molecule has 5 heteroatoms. The molecular weight excluding hydrogens is 380 g/mol. The van der Waals surface area contributed by atoms with Crippen LogP contribution in [0.5, 0.6) is 5.75 Å². The van der Waals surface area contributed by atoms with Crippen LogP contribution in [0.3, 0.4) is 0 Å². The first kappa shape index (κ1) is 19.3. The fourth-order valence-corrected chi connectivity index (χ4v) is 2.92. The van der Waals surface area contributed by atoms with Crippen LogP contribution in [0, 0.1) is 0 Å². The van der Waals surface area contributed by atoms with Crippen molar-refractivity contribution in [2.45, 2.75) is 27.2 Å². The van der Waals surface area contributed by atoms with Crippen molar-refractivity contribution in [1.29, 1.82) is 0 Å². The molecule has 0 atom stereocenters. The van der Waals surface area contributed by atoms with Crippen LogP contribution < -0.4 is 15.0 Å². The molecule has 25 heavy (non-hydrogen) atoms. The van der Waals surface area contributed by atoms with Gasteiger partial charge in [0.15, 0.2) is 0 Å².